The Hall–Kier alpha value is -3.08. The molecule has 2 N–H and O–H groups in total. The molecule has 4 aliphatic rings. The Bertz CT molecular complexity index is 1290. The Kier molecular flexibility index (Phi) is 3.69. The van der Waals surface area contributed by atoms with E-state index in [1.807, 2.05) is 54.6 Å². The molecule has 0 saturated carbocycles. The van der Waals surface area contributed by atoms with Crippen LogP contribution in [0.5, 0.6) is 11.5 Å². The first-order valence-electron chi connectivity index (χ1n) is 11.8. The highest BCUT2D eigenvalue weighted by Crippen LogP contribution is 2.73. The largest absolute Gasteiger partial charge is 0.504 e. The number of ether oxygens (including phenoxy) is 1. The second kappa shape index (κ2) is 6.28. The zero-order valence-electron chi connectivity index (χ0n) is 18.6. The molecule has 0 radical (unpaired) electrons. The van der Waals surface area contributed by atoms with Gasteiger partial charge >= 0.3 is 0 Å². The quantitative estimate of drug-likeness (QED) is 0.589. The molecule has 166 valence electrons. The van der Waals surface area contributed by atoms with Crippen molar-refractivity contribution in [1.82, 2.24) is 4.90 Å². The number of aromatic hydroxyl groups is 1. The Morgan fingerprint density at radius 1 is 0.939 bits per heavy atom. The lowest BCUT2D eigenvalue weighted by atomic mass is 9.44. The van der Waals surface area contributed by atoms with Crippen molar-refractivity contribution in [3.05, 3.63) is 107 Å². The number of likely N-dealkylation sites (N-methyl/N-ethyl adjacent to an activating group) is 1. The molecule has 4 nitrogen and oxygen atoms in total. The number of hydrogen-bond acceptors (Lipinski definition) is 4. The van der Waals surface area contributed by atoms with Crippen molar-refractivity contribution in [1.29, 1.82) is 0 Å². The third kappa shape index (κ3) is 2.06. The molecule has 2 aliphatic carbocycles. The molecule has 2 heterocycles. The number of nitrogens with zero attached hydrogens (tertiary/aromatic N) is 1. The van der Waals surface area contributed by atoms with Crippen LogP contribution in [0.3, 0.4) is 0 Å². The van der Waals surface area contributed by atoms with E-state index in [2.05, 4.69) is 36.2 Å². The lowest BCUT2D eigenvalue weighted by molar-refractivity contribution is -0.185. The van der Waals surface area contributed by atoms with Gasteiger partial charge in [0.05, 0.1) is 5.41 Å². The molecule has 3 aromatic rings. The average molecular weight is 438 g/mol. The van der Waals surface area contributed by atoms with Gasteiger partial charge in [0.25, 0.3) is 0 Å². The fraction of sp³-hybridized carbons (Fsp3) is 0.310. The van der Waals surface area contributed by atoms with Gasteiger partial charge in [-0.1, -0.05) is 72.8 Å². The van der Waals surface area contributed by atoms with E-state index in [0.29, 0.717) is 11.8 Å². The minimum absolute atomic E-state index is 0.152. The Balaban J connectivity index is 1.65. The van der Waals surface area contributed by atoms with Gasteiger partial charge in [0, 0.05) is 17.5 Å². The molecule has 1 spiro atoms. The van der Waals surface area contributed by atoms with Gasteiger partial charge in [-0.05, 0) is 55.3 Å². The SMILES string of the molecule is CN1CC[C@]23c4c5ccc(O)c4O[C@@]2(c2ccccc2)[C@](O)(c2ccccc2)C=C[C@H]3[C@H]1C5. The molecule has 4 heteroatoms. The highest BCUT2D eigenvalue weighted by Gasteiger charge is 2.77. The number of aliphatic hydroxyl groups is 1. The maximum atomic E-state index is 12.8. The summed E-state index contributed by atoms with van der Waals surface area (Å²) < 4.78 is 7.02. The Morgan fingerprint density at radius 3 is 2.36 bits per heavy atom. The van der Waals surface area contributed by atoms with Crippen LogP contribution in [-0.2, 0) is 23.0 Å². The molecule has 3 aromatic carbocycles. The normalized spacial score (nSPS) is 35.7. The van der Waals surface area contributed by atoms with Gasteiger partial charge in [0.2, 0.25) is 0 Å². The average Bonchev–Trinajstić information content (AvgIpc) is 3.18. The van der Waals surface area contributed by atoms with Crippen LogP contribution >= 0.6 is 0 Å². The van der Waals surface area contributed by atoms with Crippen LogP contribution < -0.4 is 4.74 Å². The van der Waals surface area contributed by atoms with E-state index in [1.165, 1.54) is 5.56 Å². The van der Waals surface area contributed by atoms with Crippen molar-refractivity contribution < 1.29 is 14.9 Å². The minimum Gasteiger partial charge on any atom is -0.504 e. The summed E-state index contributed by atoms with van der Waals surface area (Å²) in [5, 5.41) is 23.8. The highest BCUT2D eigenvalue weighted by molar-refractivity contribution is 5.66. The first-order valence-corrected chi connectivity index (χ1v) is 11.8. The van der Waals surface area contributed by atoms with Crippen molar-refractivity contribution in [3.8, 4) is 11.5 Å². The van der Waals surface area contributed by atoms with Gasteiger partial charge in [0.1, 0.15) is 0 Å². The Labute approximate surface area is 193 Å². The summed E-state index contributed by atoms with van der Waals surface area (Å²) in [6, 6.07) is 24.2. The zero-order chi connectivity index (χ0) is 22.4. The number of phenols is 1. The van der Waals surface area contributed by atoms with E-state index < -0.39 is 16.6 Å². The van der Waals surface area contributed by atoms with Crippen LogP contribution in [0, 0.1) is 5.92 Å². The van der Waals surface area contributed by atoms with E-state index in [0.717, 1.165) is 36.1 Å². The van der Waals surface area contributed by atoms with Gasteiger partial charge in [0.15, 0.2) is 22.7 Å². The fourth-order valence-corrected chi connectivity index (χ4v) is 7.57. The molecule has 0 unspecified atom stereocenters. The maximum absolute atomic E-state index is 12.8. The van der Waals surface area contributed by atoms with Crippen molar-refractivity contribution in [2.75, 3.05) is 13.6 Å². The van der Waals surface area contributed by atoms with Crippen molar-refractivity contribution in [2.45, 2.75) is 35.5 Å². The number of phenolic OH excluding ortho intramolecular Hbond substituents is 1. The van der Waals surface area contributed by atoms with Gasteiger partial charge in [-0.25, -0.2) is 0 Å². The summed E-state index contributed by atoms with van der Waals surface area (Å²) >= 11 is 0. The summed E-state index contributed by atoms with van der Waals surface area (Å²) in [4.78, 5) is 2.46. The van der Waals surface area contributed by atoms with Crippen molar-refractivity contribution in [3.63, 3.8) is 0 Å². The standard InChI is InChI=1S/C29H27NO3/c1-30-17-16-27-22-14-15-28(32,20-8-4-2-5-9-20)29(27,21-10-6-3-7-11-21)33-26-24(31)13-12-19(25(26)27)18-23(22)30/h2-15,22-23,31-32H,16-18H2,1H3/t22-,23+,27-,28+,29+/m0/s1. The van der Waals surface area contributed by atoms with Crippen LogP contribution in [0.15, 0.2) is 84.9 Å². The van der Waals surface area contributed by atoms with Crippen molar-refractivity contribution in [2.24, 2.45) is 5.92 Å². The molecule has 7 rings (SSSR count). The molecular formula is C29H27NO3. The molecule has 0 amide bonds. The van der Waals surface area contributed by atoms with Gasteiger partial charge in [-0.2, -0.15) is 0 Å². The molecule has 2 bridgehead atoms. The summed E-state index contributed by atoms with van der Waals surface area (Å²) in [5.74, 6) is 0.859. The lowest BCUT2D eigenvalue weighted by Crippen LogP contribution is -2.72. The molecular weight excluding hydrogens is 410 g/mol. The third-order valence-corrected chi connectivity index (χ3v) is 8.87. The molecule has 2 aliphatic heterocycles. The minimum atomic E-state index is -1.41. The van der Waals surface area contributed by atoms with E-state index in [-0.39, 0.29) is 11.7 Å². The van der Waals surface area contributed by atoms with Crippen LogP contribution in [0.2, 0.25) is 0 Å². The number of likely N-dealkylation sites (tertiary alicyclic amines) is 1. The highest BCUT2D eigenvalue weighted by atomic mass is 16.5. The van der Waals surface area contributed by atoms with Crippen LogP contribution in [0.4, 0.5) is 0 Å². The predicted molar refractivity (Wildman–Crippen MR) is 126 cm³/mol. The van der Waals surface area contributed by atoms with E-state index in [1.54, 1.807) is 6.07 Å². The summed E-state index contributed by atoms with van der Waals surface area (Å²) in [6.07, 6.45) is 5.95. The molecule has 5 atom stereocenters. The van der Waals surface area contributed by atoms with Crippen molar-refractivity contribution >= 4 is 0 Å². The number of piperidine rings is 1. The monoisotopic (exact) mass is 437 g/mol. The first kappa shape index (κ1) is 19.4. The summed E-state index contributed by atoms with van der Waals surface area (Å²) in [5.41, 5.74) is 1.06. The fourth-order valence-electron chi connectivity index (χ4n) is 7.57. The predicted octanol–water partition coefficient (Wildman–Crippen LogP) is 4.25. The molecule has 33 heavy (non-hydrogen) atoms. The number of benzene rings is 3. The Morgan fingerprint density at radius 2 is 1.64 bits per heavy atom. The lowest BCUT2D eigenvalue weighted by Gasteiger charge is -2.63. The molecule has 1 saturated heterocycles. The van der Waals surface area contributed by atoms with Gasteiger partial charge < -0.3 is 19.8 Å². The first-order chi connectivity index (χ1) is 16.0. The molecule has 0 aromatic heterocycles. The topological polar surface area (TPSA) is 52.9 Å². The summed E-state index contributed by atoms with van der Waals surface area (Å²) in [7, 11) is 2.20. The van der Waals surface area contributed by atoms with E-state index in [9.17, 15) is 10.2 Å². The van der Waals surface area contributed by atoms with Gasteiger partial charge in [-0.15, -0.1) is 0 Å². The van der Waals surface area contributed by atoms with Crippen LogP contribution in [-0.4, -0.2) is 34.7 Å². The van der Waals surface area contributed by atoms with E-state index >= 15 is 0 Å². The van der Waals surface area contributed by atoms with Gasteiger partial charge in [-0.3, -0.25) is 0 Å². The van der Waals surface area contributed by atoms with Crippen LogP contribution in [0.25, 0.3) is 0 Å². The molecule has 1 fully saturated rings. The second-order valence-corrected chi connectivity index (χ2v) is 10.1. The van der Waals surface area contributed by atoms with E-state index in [4.69, 9.17) is 4.74 Å². The third-order valence-electron chi connectivity index (χ3n) is 8.87. The van der Waals surface area contributed by atoms with Crippen LogP contribution in [0.1, 0.15) is 28.7 Å². The number of rotatable bonds is 2. The second-order valence-electron chi connectivity index (χ2n) is 10.1. The number of hydrogen-bond donors (Lipinski definition) is 2. The zero-order valence-corrected chi connectivity index (χ0v) is 18.6. The smallest absolute Gasteiger partial charge is 0.181 e. The maximum Gasteiger partial charge on any atom is 0.181 e. The summed E-state index contributed by atoms with van der Waals surface area (Å²) in [6.45, 7) is 0.909.